The molecule has 17 nitrogen and oxygen atoms in total. The van der Waals surface area contributed by atoms with Gasteiger partial charge in [-0.05, 0) is 97.0 Å². The lowest BCUT2D eigenvalue weighted by Gasteiger charge is -2.35. The average Bonchev–Trinajstić information content (AvgIpc) is 4.19. The van der Waals surface area contributed by atoms with Gasteiger partial charge in [0.15, 0.2) is 0 Å². The lowest BCUT2D eigenvalue weighted by Crippen LogP contribution is -2.57. The van der Waals surface area contributed by atoms with Gasteiger partial charge in [-0.2, -0.15) is 0 Å². The summed E-state index contributed by atoms with van der Waals surface area (Å²) in [7, 11) is 0. The summed E-state index contributed by atoms with van der Waals surface area (Å²) in [5, 5.41) is 20.2. The molecular formula is C55H63F3N10O7S. The van der Waals surface area contributed by atoms with E-state index in [-0.39, 0.29) is 61.7 Å². The molecule has 0 aliphatic carbocycles. The number of halogens is 3. The van der Waals surface area contributed by atoms with Crippen LogP contribution in [0.2, 0.25) is 0 Å². The number of unbranched alkanes of at least 4 members (excludes halogenated alkanes) is 1. The number of nitrogens with two attached hydrogens (primary N) is 1. The second-order valence-electron chi connectivity index (χ2n) is 20.5. The number of nitrogens with one attached hydrogen (secondary N) is 3. The number of fused-ring (bicyclic) bond motifs is 2. The number of aliphatic hydroxyl groups excluding tert-OH is 1. The minimum Gasteiger partial charge on any atom is -0.406 e. The highest BCUT2D eigenvalue weighted by molar-refractivity contribution is 7.13. The predicted octanol–water partition coefficient (Wildman–Crippen LogP) is 7.58. The molecule has 21 heteroatoms. The van der Waals surface area contributed by atoms with Gasteiger partial charge < -0.3 is 45.9 Å². The average molecular weight is 1070 g/mol. The Hall–Kier alpha value is -7.39. The molecule has 2 aliphatic rings. The van der Waals surface area contributed by atoms with Gasteiger partial charge in [-0.15, -0.1) is 24.5 Å². The number of carbonyl (C=O) groups excluding carboxylic acids is 5. The number of benzene rings is 3. The molecule has 1 fully saturated rings. The molecule has 6 N–H and O–H groups in total. The number of β-amino-alcohol motifs (C(OH)–C–C–N with tert-alkyl or cyclic N) is 1. The van der Waals surface area contributed by atoms with Crippen molar-refractivity contribution < 1.29 is 47.0 Å². The summed E-state index contributed by atoms with van der Waals surface area (Å²) in [5.74, 6) is -1.73. The molecule has 8 rings (SSSR count). The van der Waals surface area contributed by atoms with E-state index in [1.165, 1.54) is 29.4 Å². The number of carbonyl (C=O) groups is 5. The van der Waals surface area contributed by atoms with Gasteiger partial charge in [0.1, 0.15) is 35.6 Å². The smallest absolute Gasteiger partial charge is 0.406 e. The van der Waals surface area contributed by atoms with E-state index in [4.69, 9.17) is 5.73 Å². The molecule has 0 spiro atoms. The Bertz CT molecular complexity index is 3100. The maximum absolute atomic E-state index is 14.2. The summed E-state index contributed by atoms with van der Waals surface area (Å²) < 4.78 is 44.3. The van der Waals surface area contributed by atoms with Crippen LogP contribution in [0.25, 0.3) is 32.6 Å². The molecule has 402 valence electrons. The SMILES string of the molecule is Cc1ncsc1-c1ccc([C@H](C)NC(=O)[C@@H]2C[C@@H](O)CN2C(=O)[C@@H](NC(=O)CCCCC(=O)NCCCn2cc(-c3ccc4c(c3)CCN4C(=O)Cc3cccc(OC(F)(F)F)c3)c3c(N)ncnc32)C(C)(C)C)cc1. The Morgan fingerprint density at radius 3 is 2.37 bits per heavy atom. The van der Waals surface area contributed by atoms with Crippen molar-refractivity contribution in [3.05, 3.63) is 107 Å². The number of nitrogens with zero attached hydrogens (tertiary/aromatic N) is 6. The first kappa shape index (κ1) is 54.9. The van der Waals surface area contributed by atoms with Crippen LogP contribution in [0.4, 0.5) is 24.7 Å². The first-order valence-corrected chi connectivity index (χ1v) is 26.2. The second kappa shape index (κ2) is 23.2. The maximum atomic E-state index is 14.2. The minimum atomic E-state index is -4.84. The zero-order valence-electron chi connectivity index (χ0n) is 43.1. The minimum absolute atomic E-state index is 0.0425. The van der Waals surface area contributed by atoms with Gasteiger partial charge in [-0.1, -0.05) is 63.2 Å². The number of aliphatic hydroxyl groups is 1. The summed E-state index contributed by atoms with van der Waals surface area (Å²) in [4.78, 5) is 84.6. The molecule has 0 unspecified atom stereocenters. The summed E-state index contributed by atoms with van der Waals surface area (Å²) in [6, 6.07) is 16.7. The van der Waals surface area contributed by atoms with E-state index in [1.807, 2.05) is 87.8 Å². The monoisotopic (exact) mass is 1060 g/mol. The fourth-order valence-electron chi connectivity index (χ4n) is 9.87. The number of thiazole rings is 1. The fourth-order valence-corrected chi connectivity index (χ4v) is 10.7. The lowest BCUT2D eigenvalue weighted by atomic mass is 9.85. The number of hydrogen-bond donors (Lipinski definition) is 5. The van der Waals surface area contributed by atoms with E-state index in [1.54, 1.807) is 27.8 Å². The Kier molecular flexibility index (Phi) is 16.8. The van der Waals surface area contributed by atoms with Crippen molar-refractivity contribution >= 4 is 63.4 Å². The number of anilines is 2. The van der Waals surface area contributed by atoms with Crippen LogP contribution in [-0.2, 0) is 43.4 Å². The third-order valence-corrected chi connectivity index (χ3v) is 14.8. The molecule has 6 aromatic rings. The molecule has 2 aliphatic heterocycles. The molecule has 3 aromatic heterocycles. The van der Waals surface area contributed by atoms with E-state index in [0.717, 1.165) is 38.4 Å². The second-order valence-corrected chi connectivity index (χ2v) is 21.4. The van der Waals surface area contributed by atoms with E-state index in [9.17, 15) is 42.3 Å². The van der Waals surface area contributed by atoms with Crippen molar-refractivity contribution in [1.82, 2.24) is 40.4 Å². The normalized spacial score (nSPS) is 16.3. The molecule has 5 heterocycles. The highest BCUT2D eigenvalue weighted by atomic mass is 32.1. The first-order chi connectivity index (χ1) is 36.1. The number of nitrogen functional groups attached to an aromatic ring is 1. The van der Waals surface area contributed by atoms with Crippen LogP contribution in [0.15, 0.2) is 84.8 Å². The summed E-state index contributed by atoms with van der Waals surface area (Å²) in [6.07, 6.45) is -0.219. The molecular weight excluding hydrogens is 1000 g/mol. The number of likely N-dealkylation sites (tertiary alicyclic amines) is 1. The zero-order chi connectivity index (χ0) is 54.5. The number of amides is 5. The van der Waals surface area contributed by atoms with Crippen molar-refractivity contribution in [1.29, 1.82) is 0 Å². The Balaban J connectivity index is 0.789. The molecule has 76 heavy (non-hydrogen) atoms. The van der Waals surface area contributed by atoms with Gasteiger partial charge in [0.25, 0.3) is 0 Å². The third-order valence-electron chi connectivity index (χ3n) is 13.8. The highest BCUT2D eigenvalue weighted by Crippen LogP contribution is 2.38. The van der Waals surface area contributed by atoms with E-state index in [2.05, 4.69) is 35.6 Å². The molecule has 4 atom stereocenters. The molecule has 0 radical (unpaired) electrons. The Morgan fingerprint density at radius 1 is 0.921 bits per heavy atom. The summed E-state index contributed by atoms with van der Waals surface area (Å²) in [5.41, 5.74) is 14.6. The van der Waals surface area contributed by atoms with Crippen molar-refractivity contribution in [2.45, 2.75) is 123 Å². The topological polar surface area (TPSA) is 227 Å². The zero-order valence-corrected chi connectivity index (χ0v) is 43.9. The van der Waals surface area contributed by atoms with Crippen molar-refractivity contribution in [2.24, 2.45) is 5.41 Å². The molecule has 0 saturated carbocycles. The number of rotatable bonds is 19. The van der Waals surface area contributed by atoms with Gasteiger partial charge in [0, 0.05) is 62.9 Å². The summed E-state index contributed by atoms with van der Waals surface area (Å²) >= 11 is 1.56. The van der Waals surface area contributed by atoms with Crippen LogP contribution in [0.5, 0.6) is 5.75 Å². The quantitative estimate of drug-likeness (QED) is 0.0497. The van der Waals surface area contributed by atoms with Gasteiger partial charge in [0.2, 0.25) is 29.5 Å². The van der Waals surface area contributed by atoms with Crippen LogP contribution >= 0.6 is 11.3 Å². The highest BCUT2D eigenvalue weighted by Gasteiger charge is 2.45. The van der Waals surface area contributed by atoms with Gasteiger partial charge in [-0.3, -0.25) is 24.0 Å². The van der Waals surface area contributed by atoms with E-state index >= 15 is 0 Å². The number of aryl methyl sites for hydroxylation is 2. The Labute approximate surface area is 442 Å². The van der Waals surface area contributed by atoms with Gasteiger partial charge in [0.05, 0.1) is 40.0 Å². The standard InChI is InChI=1S/C55H63F3N10O7S/c1-32(35-14-16-36(17-15-35)48-33(2)63-31-76-48)64-52(73)43-27-39(69)28-68(43)53(74)49(54(3,4)5)65-45(71)13-7-6-12-44(70)60-21-9-22-66-29-41(47-50(59)61-30-62-51(47)66)37-18-19-42-38(26-37)20-23-67(42)46(72)25-34-10-8-11-40(24-34)75-55(56,57)58/h8,10-11,14-19,24,26,29-32,39,43,49,69H,6-7,9,12-13,20-23,25,27-28H2,1-5H3,(H,60,70)(H,64,73)(H,65,71)(H2,59,61,62)/t32-,39+,43-,49+/m0/s1. The van der Waals surface area contributed by atoms with Crippen LogP contribution in [0.1, 0.15) is 94.6 Å². The fraction of sp³-hybridized carbons (Fsp3) is 0.418. The predicted molar refractivity (Wildman–Crippen MR) is 283 cm³/mol. The van der Waals surface area contributed by atoms with Crippen molar-refractivity contribution in [3.63, 3.8) is 0 Å². The van der Waals surface area contributed by atoms with Gasteiger partial charge in [-0.25, -0.2) is 15.0 Å². The molecule has 3 aromatic carbocycles. The van der Waals surface area contributed by atoms with Gasteiger partial charge >= 0.3 is 6.36 Å². The van der Waals surface area contributed by atoms with Crippen LogP contribution in [-0.4, -0.2) is 103 Å². The molecule has 1 saturated heterocycles. The number of aromatic nitrogens is 4. The largest absolute Gasteiger partial charge is 0.573 e. The van der Waals surface area contributed by atoms with Crippen molar-refractivity contribution in [3.8, 4) is 27.3 Å². The summed E-state index contributed by atoms with van der Waals surface area (Å²) in [6.45, 7) is 10.5. The molecule has 5 amide bonds. The van der Waals surface area contributed by atoms with Crippen LogP contribution in [0.3, 0.4) is 0 Å². The third kappa shape index (κ3) is 13.2. The number of hydrogen-bond acceptors (Lipinski definition) is 12. The Morgan fingerprint density at radius 2 is 1.66 bits per heavy atom. The number of ether oxygens (including phenoxy) is 1. The molecule has 0 bridgehead atoms. The number of alkyl halides is 3. The first-order valence-electron chi connectivity index (χ1n) is 25.4. The van der Waals surface area contributed by atoms with Crippen molar-refractivity contribution in [2.75, 3.05) is 30.3 Å². The lowest BCUT2D eigenvalue weighted by molar-refractivity contribution is -0.274. The van der Waals surface area contributed by atoms with E-state index in [0.29, 0.717) is 73.4 Å². The maximum Gasteiger partial charge on any atom is 0.573 e. The van der Waals surface area contributed by atoms with E-state index < -0.39 is 41.8 Å². The van der Waals surface area contributed by atoms with Crippen LogP contribution < -0.4 is 31.3 Å². The van der Waals surface area contributed by atoms with Crippen LogP contribution in [0, 0.1) is 12.3 Å².